The second-order valence-corrected chi connectivity index (χ2v) is 10.3. The van der Waals surface area contributed by atoms with E-state index in [9.17, 15) is 48.9 Å². The van der Waals surface area contributed by atoms with Gasteiger partial charge in [0.15, 0.2) is 10.1 Å². The molecule has 2 unspecified atom stereocenters. The van der Waals surface area contributed by atoms with Crippen molar-refractivity contribution < 1.29 is 93.0 Å². The van der Waals surface area contributed by atoms with Crippen molar-refractivity contribution in [1.29, 1.82) is 0 Å². The van der Waals surface area contributed by atoms with Gasteiger partial charge in [-0.05, 0) is 50.4 Å². The maximum absolute atomic E-state index is 13.8. The van der Waals surface area contributed by atoms with Crippen LogP contribution in [0, 0.1) is 17.3 Å². The Morgan fingerprint density at radius 1 is 1.03 bits per heavy atom. The summed E-state index contributed by atoms with van der Waals surface area (Å²) < 4.78 is 122. The van der Waals surface area contributed by atoms with E-state index in [0.29, 0.717) is 6.42 Å². The van der Waals surface area contributed by atoms with Gasteiger partial charge in [0.05, 0.1) is 24.0 Å². The molecule has 0 aromatic heterocycles. The van der Waals surface area contributed by atoms with Crippen molar-refractivity contribution in [3.8, 4) is 0 Å². The number of carbonyl (C=O) groups excluding carboxylic acids is 1. The number of ether oxygens (including phenoxy) is 2. The summed E-state index contributed by atoms with van der Waals surface area (Å²) in [5, 5.41) is 2.74. The first-order valence-electron chi connectivity index (χ1n) is 9.55. The summed E-state index contributed by atoms with van der Waals surface area (Å²) >= 11 is 0. The van der Waals surface area contributed by atoms with Crippen molar-refractivity contribution in [2.24, 2.45) is 17.3 Å². The number of halogens is 6. The Kier molecular flexibility index (Phi) is 7.64. The average molecular weight is 520 g/mol. The van der Waals surface area contributed by atoms with E-state index < -0.39 is 63.4 Å². The molecule has 4 rings (SSSR count). The van der Waals surface area contributed by atoms with Gasteiger partial charge in [-0.2, -0.15) is 26.3 Å². The first kappa shape index (κ1) is 28.6. The molecule has 4 aliphatic rings. The van der Waals surface area contributed by atoms with E-state index in [1.165, 1.54) is 0 Å². The summed E-state index contributed by atoms with van der Waals surface area (Å²) in [6.07, 6.45) is -5.90. The van der Waals surface area contributed by atoms with E-state index >= 15 is 0 Å². The van der Waals surface area contributed by atoms with Gasteiger partial charge in [0.2, 0.25) is 0 Å². The second-order valence-electron chi connectivity index (χ2n) is 8.91. The zero-order valence-electron chi connectivity index (χ0n) is 17.3. The normalized spacial score (nSPS) is 31.7. The van der Waals surface area contributed by atoms with Gasteiger partial charge in [-0.25, -0.2) is 13.2 Å². The van der Waals surface area contributed by atoms with Crippen LogP contribution < -0.4 is 29.6 Å². The van der Waals surface area contributed by atoms with Gasteiger partial charge in [0, 0.05) is 0 Å². The molecule has 4 saturated carbocycles. The van der Waals surface area contributed by atoms with E-state index in [2.05, 4.69) is 9.47 Å². The molecule has 8 nitrogen and oxygen atoms in total. The summed E-state index contributed by atoms with van der Waals surface area (Å²) in [5.74, 6) is -9.57. The molecule has 0 radical (unpaired) electrons. The minimum atomic E-state index is -6.69. The molecule has 184 valence electrons. The fourth-order valence-electron chi connectivity index (χ4n) is 5.61. The number of rotatable bonds is 9. The summed E-state index contributed by atoms with van der Waals surface area (Å²) in [6.45, 7) is -1.35. The molecule has 1 N–H and O–H groups in total. The minimum absolute atomic E-state index is 0. The van der Waals surface area contributed by atoms with Crippen molar-refractivity contribution in [2.45, 2.75) is 67.8 Å². The molecule has 0 aromatic rings. The average Bonchev–Trinajstić information content (AvgIpc) is 2.58. The van der Waals surface area contributed by atoms with Crippen LogP contribution in [-0.2, 0) is 29.2 Å². The van der Waals surface area contributed by atoms with Crippen LogP contribution in [0.3, 0.4) is 0 Å². The Balaban J connectivity index is 0.00000385. The number of carbonyl (C=O) groups is 2. The Morgan fingerprint density at radius 3 is 2.00 bits per heavy atom. The maximum atomic E-state index is 13.8. The van der Waals surface area contributed by atoms with Gasteiger partial charge in [-0.1, -0.05) is 0 Å². The molecule has 0 saturated heterocycles. The molecule has 0 aliphatic heterocycles. The van der Waals surface area contributed by atoms with Crippen LogP contribution in [0.15, 0.2) is 0 Å². The summed E-state index contributed by atoms with van der Waals surface area (Å²) in [6, 6.07) is 0. The van der Waals surface area contributed by atoms with E-state index in [4.69, 9.17) is 5.11 Å². The van der Waals surface area contributed by atoms with E-state index in [1.54, 1.807) is 0 Å². The molecule has 4 fully saturated rings. The molecule has 0 amide bonds. The largest absolute Gasteiger partial charge is 1.00 e. The van der Waals surface area contributed by atoms with Gasteiger partial charge in [-0.15, -0.1) is 0 Å². The van der Waals surface area contributed by atoms with Crippen LogP contribution in [0.5, 0.6) is 0 Å². The maximum Gasteiger partial charge on any atom is 1.00 e. The van der Waals surface area contributed by atoms with Crippen LogP contribution in [-0.4, -0.2) is 59.5 Å². The van der Waals surface area contributed by atoms with Gasteiger partial charge < -0.3 is 19.1 Å². The topological polar surface area (TPSA) is 130 Å². The van der Waals surface area contributed by atoms with Crippen molar-refractivity contribution in [2.75, 3.05) is 6.61 Å². The molecule has 0 aromatic carbocycles. The zero-order chi connectivity index (χ0) is 24.4. The minimum Gasteiger partial charge on any atom is -0.743 e. The molecule has 4 aliphatic carbocycles. The molecule has 16 heteroatoms. The summed E-state index contributed by atoms with van der Waals surface area (Å²) in [4.78, 5) is 23.5. The number of alkyl halides is 6. The second kappa shape index (κ2) is 8.80. The first-order chi connectivity index (χ1) is 14.3. The number of hydrogen-bond donors (Lipinski definition) is 1. The van der Waals surface area contributed by atoms with Crippen molar-refractivity contribution >= 4 is 22.1 Å². The zero-order valence-corrected chi connectivity index (χ0v) is 20.1. The van der Waals surface area contributed by atoms with E-state index in [-0.39, 0.29) is 73.5 Å². The van der Waals surface area contributed by atoms with Crippen LogP contribution in [0.4, 0.5) is 26.3 Å². The van der Waals surface area contributed by atoms with Gasteiger partial charge in [0.1, 0.15) is 0 Å². The van der Waals surface area contributed by atoms with Gasteiger partial charge in [0.25, 0.3) is 0 Å². The van der Waals surface area contributed by atoms with Crippen molar-refractivity contribution in [3.05, 3.63) is 0 Å². The SMILES string of the molecule is O=C(OCCC(F)(F)C(F)(F)S(=O)(=O)[O-])C12CC3CC(CC(OC(F)(F)C(=O)O)(C3)C1)C2.[Na+]. The molecule has 0 spiro atoms. The Morgan fingerprint density at radius 2 is 1.55 bits per heavy atom. The Labute approximate surface area is 206 Å². The number of aliphatic carboxylic acids is 1. The van der Waals surface area contributed by atoms with Gasteiger partial charge >= 0.3 is 58.8 Å². The standard InChI is InChI=1S/C17H20F6O8S.Na/c18-15(19,17(22,23)32(27,28)29)1-2-30-12(26)13-4-9-3-10(5-13)7-14(6-9,8-13)31-16(20,21)11(24)25;/h9-10H,1-8H2,(H,24,25)(H,27,28,29);/q;+1/p-1. The van der Waals surface area contributed by atoms with E-state index in [1.807, 2.05) is 0 Å². The third kappa shape index (κ3) is 5.17. The quantitative estimate of drug-likeness (QED) is 0.190. The summed E-state index contributed by atoms with van der Waals surface area (Å²) in [7, 11) is -6.69. The summed E-state index contributed by atoms with van der Waals surface area (Å²) in [5.41, 5.74) is -3.11. The monoisotopic (exact) mass is 520 g/mol. The van der Waals surface area contributed by atoms with E-state index in [0.717, 1.165) is 0 Å². The van der Waals surface area contributed by atoms with Crippen molar-refractivity contribution in [1.82, 2.24) is 0 Å². The van der Waals surface area contributed by atoms with Crippen LogP contribution in [0.2, 0.25) is 0 Å². The van der Waals surface area contributed by atoms with Crippen LogP contribution in [0.25, 0.3) is 0 Å². The van der Waals surface area contributed by atoms with Crippen LogP contribution >= 0.6 is 0 Å². The third-order valence-electron chi connectivity index (χ3n) is 6.42. The molecule has 0 heterocycles. The number of esters is 1. The predicted octanol–water partition coefficient (Wildman–Crippen LogP) is -0.270. The molecular weight excluding hydrogens is 501 g/mol. The Bertz CT molecular complexity index is 897. The fraction of sp³-hybridized carbons (Fsp3) is 0.882. The molecule has 4 bridgehead atoms. The van der Waals surface area contributed by atoms with Crippen molar-refractivity contribution in [3.63, 3.8) is 0 Å². The first-order valence-corrected chi connectivity index (χ1v) is 11.0. The molecule has 33 heavy (non-hydrogen) atoms. The number of hydrogen-bond acceptors (Lipinski definition) is 7. The number of carboxylic acids is 1. The Hall–Kier alpha value is -0.610. The smallest absolute Gasteiger partial charge is 0.743 e. The van der Waals surface area contributed by atoms with Crippen LogP contribution in [0.1, 0.15) is 44.9 Å². The predicted molar refractivity (Wildman–Crippen MR) is 88.7 cm³/mol. The van der Waals surface area contributed by atoms with Gasteiger partial charge in [-0.3, -0.25) is 4.79 Å². The number of carboxylic acid groups (broad SMARTS) is 1. The molecule has 2 atom stereocenters. The molecular formula is C17H19F6NaO8S. The third-order valence-corrected chi connectivity index (χ3v) is 7.35. The fourth-order valence-corrected chi connectivity index (χ4v) is 6.07.